The molecule has 0 unspecified atom stereocenters. The van der Waals surface area contributed by atoms with Gasteiger partial charge >= 0.3 is 5.97 Å². The number of nitrogens with zero attached hydrogens (tertiary/aromatic N) is 1. The van der Waals surface area contributed by atoms with Crippen LogP contribution in [0.5, 0.6) is 0 Å². The molecule has 3 rings (SSSR count). The minimum absolute atomic E-state index is 0.218. The average molecular weight is 392 g/mol. The van der Waals surface area contributed by atoms with Crippen molar-refractivity contribution in [2.75, 3.05) is 5.32 Å². The Labute approximate surface area is 159 Å². The highest BCUT2D eigenvalue weighted by atomic mass is 32.1. The van der Waals surface area contributed by atoms with Crippen LogP contribution in [0.1, 0.15) is 26.2 Å². The van der Waals surface area contributed by atoms with Gasteiger partial charge in [0.2, 0.25) is 0 Å². The highest BCUT2D eigenvalue weighted by molar-refractivity contribution is 7.14. The number of nitrogens with one attached hydrogen (secondary N) is 1. The Morgan fingerprint density at radius 2 is 2.11 bits per heavy atom. The van der Waals surface area contributed by atoms with Gasteiger partial charge in [0.15, 0.2) is 22.9 Å². The second-order valence-corrected chi connectivity index (χ2v) is 7.07. The highest BCUT2D eigenvalue weighted by Crippen LogP contribution is 2.26. The smallest absolute Gasteiger partial charge is 0.310 e. The van der Waals surface area contributed by atoms with E-state index in [9.17, 15) is 18.4 Å². The standard InChI is InChI=1S/C19H18F2N2O3S/c1-11(26-18(25)12-5-3-2-4-6-12)17(24)23-19-22-16(10-27-19)13-7-8-14(20)15(21)9-13/h2-3,7-12H,4-6H2,1H3,(H,22,23,24)/t11-,12+/m1/s1. The van der Waals surface area contributed by atoms with Crippen LogP contribution in [0.4, 0.5) is 13.9 Å². The lowest BCUT2D eigenvalue weighted by Crippen LogP contribution is -2.32. The van der Waals surface area contributed by atoms with Crippen LogP contribution in [0.3, 0.4) is 0 Å². The summed E-state index contributed by atoms with van der Waals surface area (Å²) in [7, 11) is 0. The maximum Gasteiger partial charge on any atom is 0.310 e. The van der Waals surface area contributed by atoms with Gasteiger partial charge in [-0.3, -0.25) is 14.9 Å². The van der Waals surface area contributed by atoms with Crippen LogP contribution in [-0.2, 0) is 14.3 Å². The van der Waals surface area contributed by atoms with Crippen LogP contribution in [0.25, 0.3) is 11.3 Å². The van der Waals surface area contributed by atoms with Crippen LogP contribution >= 0.6 is 11.3 Å². The van der Waals surface area contributed by atoms with Crippen molar-refractivity contribution < 1.29 is 23.1 Å². The van der Waals surface area contributed by atoms with E-state index in [1.54, 1.807) is 5.38 Å². The number of hydrogen-bond donors (Lipinski definition) is 1. The molecule has 27 heavy (non-hydrogen) atoms. The molecule has 0 aliphatic heterocycles. The first kappa shape index (κ1) is 19.2. The molecule has 1 aromatic heterocycles. The lowest BCUT2D eigenvalue weighted by atomic mass is 9.95. The van der Waals surface area contributed by atoms with E-state index >= 15 is 0 Å². The molecule has 8 heteroatoms. The maximum absolute atomic E-state index is 13.3. The topological polar surface area (TPSA) is 68.3 Å². The van der Waals surface area contributed by atoms with E-state index < -0.39 is 23.6 Å². The molecule has 0 fully saturated rings. The van der Waals surface area contributed by atoms with Gasteiger partial charge in [0.1, 0.15) is 0 Å². The van der Waals surface area contributed by atoms with E-state index in [-0.39, 0.29) is 17.0 Å². The minimum Gasteiger partial charge on any atom is -0.452 e. The minimum atomic E-state index is -0.968. The molecule has 0 spiro atoms. The quantitative estimate of drug-likeness (QED) is 0.608. The summed E-state index contributed by atoms with van der Waals surface area (Å²) in [4.78, 5) is 28.5. The first-order chi connectivity index (χ1) is 12.9. The molecule has 1 amide bonds. The number of ether oxygens (including phenoxy) is 1. The van der Waals surface area contributed by atoms with Gasteiger partial charge in [-0.1, -0.05) is 12.2 Å². The van der Waals surface area contributed by atoms with E-state index in [2.05, 4.69) is 10.3 Å². The number of aromatic nitrogens is 1. The van der Waals surface area contributed by atoms with Gasteiger partial charge in [0, 0.05) is 10.9 Å². The number of halogens is 2. The van der Waals surface area contributed by atoms with Crippen LogP contribution in [0, 0.1) is 17.6 Å². The normalized spacial score (nSPS) is 17.4. The van der Waals surface area contributed by atoms with E-state index in [1.165, 1.54) is 13.0 Å². The molecule has 1 heterocycles. The Bertz CT molecular complexity index is 882. The number of benzene rings is 1. The summed E-state index contributed by atoms with van der Waals surface area (Å²) >= 11 is 1.14. The molecule has 5 nitrogen and oxygen atoms in total. The van der Waals surface area contributed by atoms with Gasteiger partial charge < -0.3 is 4.74 Å². The second-order valence-electron chi connectivity index (χ2n) is 6.22. The number of rotatable bonds is 5. The number of anilines is 1. The molecule has 142 valence electrons. The number of amides is 1. The highest BCUT2D eigenvalue weighted by Gasteiger charge is 2.25. The fraction of sp³-hybridized carbons (Fsp3) is 0.316. The fourth-order valence-electron chi connectivity index (χ4n) is 2.66. The second kappa shape index (κ2) is 8.39. The Hall–Kier alpha value is -2.61. The van der Waals surface area contributed by atoms with Gasteiger partial charge in [0.25, 0.3) is 5.91 Å². The van der Waals surface area contributed by atoms with E-state index in [0.717, 1.165) is 29.9 Å². The molecule has 2 aromatic rings. The van der Waals surface area contributed by atoms with Crippen LogP contribution in [0.2, 0.25) is 0 Å². The summed E-state index contributed by atoms with van der Waals surface area (Å²) in [5.74, 6) is -3.01. The monoisotopic (exact) mass is 392 g/mol. The molecule has 0 radical (unpaired) electrons. The third-order valence-corrected chi connectivity index (χ3v) is 4.97. The van der Waals surface area contributed by atoms with E-state index in [0.29, 0.717) is 24.1 Å². The maximum atomic E-state index is 13.3. The molecule has 1 N–H and O–H groups in total. The zero-order valence-electron chi connectivity index (χ0n) is 14.6. The predicted molar refractivity (Wildman–Crippen MR) is 98.1 cm³/mol. The summed E-state index contributed by atoms with van der Waals surface area (Å²) < 4.78 is 31.6. The molecular weight excluding hydrogens is 374 g/mol. The Morgan fingerprint density at radius 3 is 2.81 bits per heavy atom. The van der Waals surface area contributed by atoms with Crippen LogP contribution in [0.15, 0.2) is 35.7 Å². The third kappa shape index (κ3) is 4.77. The summed E-state index contributed by atoms with van der Waals surface area (Å²) in [5, 5.41) is 4.47. The zero-order chi connectivity index (χ0) is 19.4. The largest absolute Gasteiger partial charge is 0.452 e. The average Bonchev–Trinajstić information content (AvgIpc) is 3.13. The number of carbonyl (C=O) groups excluding carboxylic acids is 2. The summed E-state index contributed by atoms with van der Waals surface area (Å²) in [6.07, 6.45) is 5.17. The van der Waals surface area contributed by atoms with Crippen molar-refractivity contribution >= 4 is 28.3 Å². The number of esters is 1. The van der Waals surface area contributed by atoms with Crippen molar-refractivity contribution in [1.29, 1.82) is 0 Å². The first-order valence-electron chi connectivity index (χ1n) is 8.51. The zero-order valence-corrected chi connectivity index (χ0v) is 15.4. The third-order valence-electron chi connectivity index (χ3n) is 4.21. The number of carbonyl (C=O) groups is 2. The molecule has 1 aromatic carbocycles. The molecule has 1 aliphatic carbocycles. The van der Waals surface area contributed by atoms with Crippen molar-refractivity contribution in [3.63, 3.8) is 0 Å². The van der Waals surface area contributed by atoms with E-state index in [4.69, 9.17) is 4.74 Å². The molecule has 2 atom stereocenters. The Morgan fingerprint density at radius 1 is 1.30 bits per heavy atom. The van der Waals surface area contributed by atoms with Crippen molar-refractivity contribution in [2.45, 2.75) is 32.3 Å². The van der Waals surface area contributed by atoms with Crippen molar-refractivity contribution in [1.82, 2.24) is 4.98 Å². The van der Waals surface area contributed by atoms with Gasteiger partial charge in [0.05, 0.1) is 11.6 Å². The van der Waals surface area contributed by atoms with Crippen LogP contribution < -0.4 is 5.32 Å². The van der Waals surface area contributed by atoms with Gasteiger partial charge in [-0.15, -0.1) is 11.3 Å². The van der Waals surface area contributed by atoms with Crippen molar-refractivity contribution in [2.24, 2.45) is 5.92 Å². The molecule has 1 aliphatic rings. The first-order valence-corrected chi connectivity index (χ1v) is 9.39. The molecule has 0 saturated carbocycles. The molecular formula is C19H18F2N2O3S. The van der Waals surface area contributed by atoms with Gasteiger partial charge in [-0.05, 0) is 44.4 Å². The predicted octanol–water partition coefficient (Wildman–Crippen LogP) is 4.31. The summed E-state index contributed by atoms with van der Waals surface area (Å²) in [6.45, 7) is 1.50. The van der Waals surface area contributed by atoms with Gasteiger partial charge in [-0.2, -0.15) is 0 Å². The van der Waals surface area contributed by atoms with Gasteiger partial charge in [-0.25, -0.2) is 13.8 Å². The van der Waals surface area contributed by atoms with Crippen molar-refractivity contribution in [3.05, 3.63) is 47.4 Å². The van der Waals surface area contributed by atoms with Crippen LogP contribution in [-0.4, -0.2) is 23.0 Å². The molecule has 0 bridgehead atoms. The SMILES string of the molecule is C[C@@H](OC(=O)[C@H]1CC=CCC1)C(=O)Nc1nc(-c2ccc(F)c(F)c2)cs1. The number of thiazole rings is 1. The molecule has 0 saturated heterocycles. The number of allylic oxidation sites excluding steroid dienone is 2. The Kier molecular flexibility index (Phi) is 5.95. The summed E-state index contributed by atoms with van der Waals surface area (Å²) in [5.41, 5.74) is 0.809. The lowest BCUT2D eigenvalue weighted by Gasteiger charge is -2.19. The van der Waals surface area contributed by atoms with E-state index in [1.807, 2.05) is 12.2 Å². The lowest BCUT2D eigenvalue weighted by molar-refractivity contribution is -0.157. The Balaban J connectivity index is 1.59. The summed E-state index contributed by atoms with van der Waals surface area (Å²) in [6, 6.07) is 3.46. The van der Waals surface area contributed by atoms with Crippen molar-refractivity contribution in [3.8, 4) is 11.3 Å². The number of hydrogen-bond acceptors (Lipinski definition) is 5. The fourth-order valence-corrected chi connectivity index (χ4v) is 3.38.